The Morgan fingerprint density at radius 3 is 2.63 bits per heavy atom. The number of benzene rings is 2. The molecule has 2 nitrogen and oxygen atoms in total. The average Bonchev–Trinajstić information content (AvgIpc) is 2.78. The van der Waals surface area contributed by atoms with Crippen molar-refractivity contribution in [2.45, 2.75) is 6.54 Å². The molecule has 19 heavy (non-hydrogen) atoms. The third-order valence-electron chi connectivity index (χ3n) is 2.97. The number of carbonyl (C=O) groups excluding carboxylic acids is 1. The molecule has 0 unspecified atom stereocenters. The third-order valence-corrected chi connectivity index (χ3v) is 2.97. The van der Waals surface area contributed by atoms with E-state index in [1.165, 1.54) is 12.1 Å². The van der Waals surface area contributed by atoms with Crippen molar-refractivity contribution in [1.29, 1.82) is 0 Å². The van der Waals surface area contributed by atoms with Crippen LogP contribution in [-0.2, 0) is 6.54 Å². The van der Waals surface area contributed by atoms with Crippen LogP contribution in [0.1, 0.15) is 27.0 Å². The molecule has 3 heteroatoms. The first-order valence-electron chi connectivity index (χ1n) is 5.91. The lowest BCUT2D eigenvalue weighted by Crippen LogP contribution is -2.12. The average molecular weight is 251 g/mol. The summed E-state index contributed by atoms with van der Waals surface area (Å²) in [6.07, 6.45) is 0. The summed E-state index contributed by atoms with van der Waals surface area (Å²) in [6.45, 7) is 0.545. The second kappa shape index (κ2) is 4.58. The molecular formula is C16H10FNO. The van der Waals surface area contributed by atoms with E-state index in [2.05, 4.69) is 17.2 Å². The van der Waals surface area contributed by atoms with Gasteiger partial charge < -0.3 is 5.32 Å². The molecule has 0 spiro atoms. The SMILES string of the molecule is O=C1NCc2cc(C#Cc3cccc(F)c3)ccc21. The van der Waals surface area contributed by atoms with Crippen molar-refractivity contribution in [3.05, 3.63) is 70.5 Å². The number of amides is 1. The molecule has 2 aromatic carbocycles. The summed E-state index contributed by atoms with van der Waals surface area (Å²) < 4.78 is 13.0. The van der Waals surface area contributed by atoms with Crippen molar-refractivity contribution in [3.8, 4) is 11.8 Å². The van der Waals surface area contributed by atoms with Gasteiger partial charge in [0.1, 0.15) is 5.82 Å². The number of halogens is 1. The molecule has 2 aromatic rings. The normalized spacial score (nSPS) is 12.4. The Hall–Kier alpha value is -2.60. The van der Waals surface area contributed by atoms with Gasteiger partial charge >= 0.3 is 0 Å². The summed E-state index contributed by atoms with van der Waals surface area (Å²) in [6, 6.07) is 11.6. The van der Waals surface area contributed by atoms with Crippen LogP contribution in [0.4, 0.5) is 4.39 Å². The zero-order valence-electron chi connectivity index (χ0n) is 10.0. The number of hydrogen-bond acceptors (Lipinski definition) is 1. The van der Waals surface area contributed by atoms with Gasteiger partial charge in [0, 0.05) is 23.2 Å². The predicted molar refractivity (Wildman–Crippen MR) is 70.0 cm³/mol. The number of fused-ring (bicyclic) bond motifs is 1. The Morgan fingerprint density at radius 1 is 1.05 bits per heavy atom. The molecule has 0 saturated heterocycles. The first kappa shape index (κ1) is 11.5. The van der Waals surface area contributed by atoms with Gasteiger partial charge in [0.25, 0.3) is 5.91 Å². The lowest BCUT2D eigenvalue weighted by atomic mass is 10.1. The fraction of sp³-hybridized carbons (Fsp3) is 0.0625. The minimum Gasteiger partial charge on any atom is -0.348 e. The second-order valence-electron chi connectivity index (χ2n) is 4.31. The lowest BCUT2D eigenvalue weighted by molar-refractivity contribution is 0.0966. The molecule has 1 heterocycles. The molecule has 0 bridgehead atoms. The molecule has 92 valence electrons. The summed E-state index contributed by atoms with van der Waals surface area (Å²) in [5, 5.41) is 2.76. The van der Waals surface area contributed by atoms with Crippen LogP contribution in [0.25, 0.3) is 0 Å². The van der Waals surface area contributed by atoms with Gasteiger partial charge in [-0.25, -0.2) is 4.39 Å². The zero-order valence-corrected chi connectivity index (χ0v) is 10.0. The van der Waals surface area contributed by atoms with E-state index in [0.29, 0.717) is 17.7 Å². The monoisotopic (exact) mass is 251 g/mol. The number of hydrogen-bond donors (Lipinski definition) is 1. The highest BCUT2D eigenvalue weighted by Crippen LogP contribution is 2.16. The van der Waals surface area contributed by atoms with Gasteiger partial charge in [-0.15, -0.1) is 0 Å². The minimum absolute atomic E-state index is 0.0420. The lowest BCUT2D eigenvalue weighted by Gasteiger charge is -1.96. The van der Waals surface area contributed by atoms with Gasteiger partial charge in [0.05, 0.1) is 0 Å². The van der Waals surface area contributed by atoms with E-state index in [0.717, 1.165) is 11.1 Å². The topological polar surface area (TPSA) is 29.1 Å². The zero-order chi connectivity index (χ0) is 13.2. The molecule has 0 atom stereocenters. The van der Waals surface area contributed by atoms with Crippen LogP contribution in [0.3, 0.4) is 0 Å². The Bertz CT molecular complexity index is 725. The fourth-order valence-electron chi connectivity index (χ4n) is 2.02. The molecule has 1 aliphatic rings. The Balaban J connectivity index is 1.91. The van der Waals surface area contributed by atoms with Gasteiger partial charge in [0.2, 0.25) is 0 Å². The van der Waals surface area contributed by atoms with Crippen LogP contribution in [0.15, 0.2) is 42.5 Å². The molecule has 0 fully saturated rings. The summed E-state index contributed by atoms with van der Waals surface area (Å²) in [7, 11) is 0. The fourth-order valence-corrected chi connectivity index (χ4v) is 2.02. The van der Waals surface area contributed by atoms with Gasteiger partial charge in [-0.2, -0.15) is 0 Å². The molecule has 1 aliphatic heterocycles. The van der Waals surface area contributed by atoms with Gasteiger partial charge in [-0.3, -0.25) is 4.79 Å². The van der Waals surface area contributed by atoms with Crippen LogP contribution in [0, 0.1) is 17.7 Å². The highest BCUT2D eigenvalue weighted by atomic mass is 19.1. The van der Waals surface area contributed by atoms with E-state index in [9.17, 15) is 9.18 Å². The number of carbonyl (C=O) groups is 1. The molecule has 3 rings (SSSR count). The van der Waals surface area contributed by atoms with Crippen LogP contribution in [-0.4, -0.2) is 5.91 Å². The van der Waals surface area contributed by atoms with Crippen molar-refractivity contribution in [1.82, 2.24) is 5.32 Å². The largest absolute Gasteiger partial charge is 0.348 e. The molecule has 0 aliphatic carbocycles. The number of nitrogens with one attached hydrogen (secondary N) is 1. The summed E-state index contributed by atoms with van der Waals surface area (Å²) in [4.78, 5) is 11.4. The van der Waals surface area contributed by atoms with Gasteiger partial charge in [-0.1, -0.05) is 17.9 Å². The van der Waals surface area contributed by atoms with Crippen LogP contribution in [0.2, 0.25) is 0 Å². The van der Waals surface area contributed by atoms with E-state index < -0.39 is 0 Å². The predicted octanol–water partition coefficient (Wildman–Crippen LogP) is 2.47. The first-order valence-corrected chi connectivity index (χ1v) is 5.91. The van der Waals surface area contributed by atoms with E-state index in [1.54, 1.807) is 24.3 Å². The molecule has 0 aromatic heterocycles. The maximum Gasteiger partial charge on any atom is 0.251 e. The van der Waals surface area contributed by atoms with Crippen molar-refractivity contribution >= 4 is 5.91 Å². The Kier molecular flexibility index (Phi) is 2.77. The molecule has 1 amide bonds. The minimum atomic E-state index is -0.296. The number of rotatable bonds is 0. The quantitative estimate of drug-likeness (QED) is 0.716. The van der Waals surface area contributed by atoms with E-state index in [1.807, 2.05) is 6.07 Å². The second-order valence-corrected chi connectivity index (χ2v) is 4.31. The van der Waals surface area contributed by atoms with Crippen molar-refractivity contribution in [2.24, 2.45) is 0 Å². The Morgan fingerprint density at radius 2 is 1.84 bits per heavy atom. The molecular weight excluding hydrogens is 241 g/mol. The van der Waals surface area contributed by atoms with Crippen LogP contribution >= 0.6 is 0 Å². The van der Waals surface area contributed by atoms with Crippen molar-refractivity contribution in [3.63, 3.8) is 0 Å². The highest BCUT2D eigenvalue weighted by Gasteiger charge is 2.17. The smallest absolute Gasteiger partial charge is 0.251 e. The van der Waals surface area contributed by atoms with Crippen LogP contribution in [0.5, 0.6) is 0 Å². The summed E-state index contributed by atoms with van der Waals surface area (Å²) in [5.41, 5.74) is 3.11. The molecule has 1 N–H and O–H groups in total. The Labute approximate surface area is 110 Å². The standard InChI is InChI=1S/C16H10FNO/c17-14-3-1-2-11(9-14)4-5-12-6-7-15-13(8-12)10-18-16(15)19/h1-3,6-9H,10H2,(H,18,19). The molecule has 0 radical (unpaired) electrons. The van der Waals surface area contributed by atoms with Gasteiger partial charge in [0.15, 0.2) is 0 Å². The van der Waals surface area contributed by atoms with Crippen molar-refractivity contribution < 1.29 is 9.18 Å². The highest BCUT2D eigenvalue weighted by molar-refractivity contribution is 5.98. The van der Waals surface area contributed by atoms with Crippen molar-refractivity contribution in [2.75, 3.05) is 0 Å². The van der Waals surface area contributed by atoms with Crippen LogP contribution < -0.4 is 5.32 Å². The first-order chi connectivity index (χ1) is 9.22. The third kappa shape index (κ3) is 2.34. The van der Waals surface area contributed by atoms with E-state index in [-0.39, 0.29) is 11.7 Å². The molecule has 0 saturated carbocycles. The summed E-state index contributed by atoms with van der Waals surface area (Å²) in [5.74, 6) is 5.55. The maximum atomic E-state index is 13.0. The van der Waals surface area contributed by atoms with Gasteiger partial charge in [-0.05, 0) is 42.0 Å². The maximum absolute atomic E-state index is 13.0. The van der Waals surface area contributed by atoms with E-state index in [4.69, 9.17) is 0 Å². The van der Waals surface area contributed by atoms with E-state index >= 15 is 0 Å². The summed E-state index contributed by atoms with van der Waals surface area (Å²) >= 11 is 0.